The summed E-state index contributed by atoms with van der Waals surface area (Å²) in [7, 11) is 0. The fourth-order valence-corrected chi connectivity index (χ4v) is 4.30. The number of nitrogens with zero attached hydrogens (tertiary/aromatic N) is 1. The number of benzene rings is 2. The van der Waals surface area contributed by atoms with Gasteiger partial charge in [-0.05, 0) is 56.0 Å². The van der Waals surface area contributed by atoms with E-state index >= 15 is 0 Å². The molecule has 0 saturated heterocycles. The molecule has 3 heteroatoms. The first-order valence-corrected chi connectivity index (χ1v) is 10.3. The second kappa shape index (κ2) is 7.91. The first-order valence-electron chi connectivity index (χ1n) is 10.3. The topological polar surface area (TPSA) is 22.0 Å². The highest BCUT2D eigenvalue weighted by Crippen LogP contribution is 2.38. The maximum absolute atomic E-state index is 14.6. The molecular weight excluding hydrogens is 373 g/mol. The number of carbonyl (C=O) groups excluding carboxylic acids is 1. The maximum atomic E-state index is 14.6. The van der Waals surface area contributed by atoms with Crippen molar-refractivity contribution in [3.8, 4) is 0 Å². The minimum Gasteiger partial charge on any atom is -0.333 e. The quantitative estimate of drug-likeness (QED) is 0.436. The molecule has 1 aromatic heterocycles. The minimum atomic E-state index is -0.258. The van der Waals surface area contributed by atoms with Crippen LogP contribution in [0.25, 0.3) is 16.5 Å². The number of halogens is 1. The van der Waals surface area contributed by atoms with Gasteiger partial charge in [-0.1, -0.05) is 54.1 Å². The maximum Gasteiger partial charge on any atom is 0.176 e. The van der Waals surface area contributed by atoms with Gasteiger partial charge in [0.05, 0.1) is 12.2 Å². The summed E-state index contributed by atoms with van der Waals surface area (Å²) < 4.78 is 16.6. The lowest BCUT2D eigenvalue weighted by atomic mass is 9.93. The Balaban J connectivity index is 2.03. The molecule has 0 radical (unpaired) electrons. The van der Waals surface area contributed by atoms with Gasteiger partial charge in [-0.15, -0.1) is 0 Å². The van der Waals surface area contributed by atoms with Crippen molar-refractivity contribution in [2.45, 2.75) is 40.2 Å². The van der Waals surface area contributed by atoms with E-state index < -0.39 is 0 Å². The molecule has 3 aromatic rings. The average molecular weight is 400 g/mol. The molecule has 0 bridgehead atoms. The number of allylic oxidation sites excluding steroid dienone is 5. The van der Waals surface area contributed by atoms with Crippen molar-refractivity contribution in [1.82, 2.24) is 4.57 Å². The largest absolute Gasteiger partial charge is 0.333 e. The molecule has 0 N–H and O–H groups in total. The number of fused-ring (bicyclic) bond motifs is 1. The third-order valence-electron chi connectivity index (χ3n) is 5.74. The summed E-state index contributed by atoms with van der Waals surface area (Å²) in [5, 5.41) is 1.01. The van der Waals surface area contributed by atoms with Crippen molar-refractivity contribution in [1.29, 1.82) is 0 Å². The van der Waals surface area contributed by atoms with E-state index in [4.69, 9.17) is 0 Å². The monoisotopic (exact) mass is 399 g/mol. The highest BCUT2D eigenvalue weighted by atomic mass is 19.1. The number of ketones is 1. The van der Waals surface area contributed by atoms with Gasteiger partial charge in [-0.2, -0.15) is 0 Å². The van der Waals surface area contributed by atoms with Crippen LogP contribution >= 0.6 is 0 Å². The molecule has 0 amide bonds. The van der Waals surface area contributed by atoms with E-state index in [1.165, 1.54) is 6.07 Å². The SMILES string of the molecule is C=C1CCC=CC=C1c1c(C(C)=O)n(Cc2cc(C)ccc2F)c2ccc(C)cc12. The molecule has 2 nitrogen and oxygen atoms in total. The van der Waals surface area contributed by atoms with Gasteiger partial charge in [-0.25, -0.2) is 4.39 Å². The highest BCUT2D eigenvalue weighted by molar-refractivity contribution is 6.09. The average Bonchev–Trinajstić information content (AvgIpc) is 2.84. The predicted molar refractivity (Wildman–Crippen MR) is 122 cm³/mol. The fourth-order valence-electron chi connectivity index (χ4n) is 4.30. The summed E-state index contributed by atoms with van der Waals surface area (Å²) in [5.74, 6) is -0.291. The molecule has 1 aliphatic carbocycles. The molecule has 1 heterocycles. The van der Waals surface area contributed by atoms with E-state index in [1.807, 2.05) is 42.7 Å². The Morgan fingerprint density at radius 3 is 2.63 bits per heavy atom. The third-order valence-corrected chi connectivity index (χ3v) is 5.74. The molecule has 152 valence electrons. The normalized spacial score (nSPS) is 14.1. The fraction of sp³-hybridized carbons (Fsp3) is 0.222. The molecule has 0 spiro atoms. The molecule has 0 saturated carbocycles. The molecule has 4 rings (SSSR count). The van der Waals surface area contributed by atoms with Crippen LogP contribution < -0.4 is 0 Å². The van der Waals surface area contributed by atoms with Crippen LogP contribution in [-0.2, 0) is 6.54 Å². The summed E-state index contributed by atoms with van der Waals surface area (Å²) in [5.41, 5.74) is 7.16. The van der Waals surface area contributed by atoms with Crippen LogP contribution in [0.3, 0.4) is 0 Å². The van der Waals surface area contributed by atoms with E-state index in [2.05, 4.69) is 24.8 Å². The van der Waals surface area contributed by atoms with Crippen LogP contribution in [-0.4, -0.2) is 10.4 Å². The molecule has 2 aromatic carbocycles. The van der Waals surface area contributed by atoms with Gasteiger partial charge in [0.2, 0.25) is 0 Å². The molecule has 0 aliphatic heterocycles. The van der Waals surface area contributed by atoms with E-state index in [1.54, 1.807) is 13.0 Å². The highest BCUT2D eigenvalue weighted by Gasteiger charge is 2.25. The van der Waals surface area contributed by atoms with Gasteiger partial charge in [0.15, 0.2) is 5.78 Å². The Morgan fingerprint density at radius 1 is 1.13 bits per heavy atom. The van der Waals surface area contributed by atoms with Crippen LogP contribution in [0.5, 0.6) is 0 Å². The van der Waals surface area contributed by atoms with Crippen LogP contribution in [0.15, 0.2) is 66.8 Å². The summed E-state index contributed by atoms with van der Waals surface area (Å²) in [4.78, 5) is 12.9. The number of hydrogen-bond donors (Lipinski definition) is 0. The molecule has 1 aliphatic rings. The van der Waals surface area contributed by atoms with Gasteiger partial charge in [0, 0.05) is 29.0 Å². The zero-order chi connectivity index (χ0) is 21.4. The summed E-state index contributed by atoms with van der Waals surface area (Å²) >= 11 is 0. The van der Waals surface area contributed by atoms with Crippen molar-refractivity contribution in [3.63, 3.8) is 0 Å². The lowest BCUT2D eigenvalue weighted by Crippen LogP contribution is -2.11. The molecule has 0 fully saturated rings. The molecular formula is C27H26FNO. The number of rotatable bonds is 4. The van der Waals surface area contributed by atoms with Crippen molar-refractivity contribution in [2.75, 3.05) is 0 Å². The summed E-state index contributed by atoms with van der Waals surface area (Å²) in [6, 6.07) is 11.3. The van der Waals surface area contributed by atoms with E-state index in [-0.39, 0.29) is 11.6 Å². The van der Waals surface area contributed by atoms with Crippen LogP contribution in [0.1, 0.15) is 52.5 Å². The summed E-state index contributed by atoms with van der Waals surface area (Å²) in [6.45, 7) is 10.2. The lowest BCUT2D eigenvalue weighted by Gasteiger charge is -2.13. The van der Waals surface area contributed by atoms with Gasteiger partial charge >= 0.3 is 0 Å². The molecule has 0 atom stereocenters. The van der Waals surface area contributed by atoms with Crippen molar-refractivity contribution < 1.29 is 9.18 Å². The summed E-state index contributed by atoms with van der Waals surface area (Å²) in [6.07, 6.45) is 8.00. The van der Waals surface area contributed by atoms with Crippen LogP contribution in [0.2, 0.25) is 0 Å². The zero-order valence-electron chi connectivity index (χ0n) is 17.8. The zero-order valence-corrected chi connectivity index (χ0v) is 17.8. The van der Waals surface area contributed by atoms with Gasteiger partial charge in [0.1, 0.15) is 5.82 Å². The Kier molecular flexibility index (Phi) is 5.29. The van der Waals surface area contributed by atoms with E-state index in [0.29, 0.717) is 17.8 Å². The Morgan fingerprint density at radius 2 is 1.87 bits per heavy atom. The number of Topliss-reactive ketones (excluding diaryl/α,β-unsaturated/α-hetero) is 1. The van der Waals surface area contributed by atoms with E-state index in [0.717, 1.165) is 51.6 Å². The Labute approximate surface area is 177 Å². The van der Waals surface area contributed by atoms with E-state index in [9.17, 15) is 9.18 Å². The number of hydrogen-bond acceptors (Lipinski definition) is 1. The van der Waals surface area contributed by atoms with Crippen molar-refractivity contribution in [2.24, 2.45) is 0 Å². The Hall–Kier alpha value is -3.20. The number of carbonyl (C=O) groups is 1. The smallest absolute Gasteiger partial charge is 0.176 e. The standard InChI is InChI=1S/C27H26FNO/c1-17-10-12-24(28)21(14-17)16-29-25-13-11-18(2)15-23(25)26(27(29)20(4)30)22-9-7-5-6-8-19(22)3/h5,7,9-15H,3,6,8,16H2,1-2,4H3. The lowest BCUT2D eigenvalue weighted by molar-refractivity contribution is 0.100. The van der Waals surface area contributed by atoms with Crippen LogP contribution in [0, 0.1) is 19.7 Å². The van der Waals surface area contributed by atoms with Gasteiger partial charge in [0.25, 0.3) is 0 Å². The molecule has 30 heavy (non-hydrogen) atoms. The first kappa shape index (κ1) is 20.1. The second-order valence-corrected chi connectivity index (χ2v) is 8.13. The molecule has 0 unspecified atom stereocenters. The third kappa shape index (κ3) is 3.56. The van der Waals surface area contributed by atoms with Gasteiger partial charge in [-0.3, -0.25) is 4.79 Å². The Bertz CT molecular complexity index is 1240. The van der Waals surface area contributed by atoms with Crippen molar-refractivity contribution in [3.05, 3.63) is 101 Å². The number of aromatic nitrogens is 1. The second-order valence-electron chi connectivity index (χ2n) is 8.13. The first-order chi connectivity index (χ1) is 14.4. The minimum absolute atomic E-state index is 0.0335. The van der Waals surface area contributed by atoms with Crippen molar-refractivity contribution >= 4 is 22.3 Å². The number of aryl methyl sites for hydroxylation is 2. The van der Waals surface area contributed by atoms with Crippen LogP contribution in [0.4, 0.5) is 4.39 Å². The predicted octanol–water partition coefficient (Wildman–Crippen LogP) is 6.94. The van der Waals surface area contributed by atoms with Gasteiger partial charge < -0.3 is 4.57 Å².